The summed E-state index contributed by atoms with van der Waals surface area (Å²) in [6.45, 7) is 0.340. The first-order chi connectivity index (χ1) is 11.6. The van der Waals surface area contributed by atoms with Crippen LogP contribution in [0.2, 0.25) is 0 Å². The third-order valence-corrected chi connectivity index (χ3v) is 3.54. The quantitative estimate of drug-likeness (QED) is 0.850. The number of rotatable bonds is 6. The monoisotopic (exact) mass is 328 g/mol. The first-order valence-corrected chi connectivity index (χ1v) is 7.41. The molecule has 0 aliphatic heterocycles. The van der Waals surface area contributed by atoms with Crippen molar-refractivity contribution in [3.63, 3.8) is 0 Å². The van der Waals surface area contributed by atoms with Crippen LogP contribution in [-0.4, -0.2) is 33.1 Å². The van der Waals surface area contributed by atoms with E-state index in [1.54, 1.807) is 49.5 Å². The summed E-state index contributed by atoms with van der Waals surface area (Å²) in [6.07, 6.45) is 0. The minimum Gasteiger partial charge on any atom is -0.493 e. The van der Waals surface area contributed by atoms with Gasteiger partial charge in [0.05, 0.1) is 19.8 Å². The molecule has 0 heterocycles. The molecular weight excluding hydrogens is 308 g/mol. The number of hydrogen-bond acceptors (Lipinski definition) is 4. The van der Waals surface area contributed by atoms with Crippen LogP contribution >= 0.6 is 0 Å². The molecule has 24 heavy (non-hydrogen) atoms. The zero-order valence-corrected chi connectivity index (χ0v) is 13.9. The lowest BCUT2D eigenvalue weighted by atomic mass is 10.1. The molecule has 2 aromatic carbocycles. The molecule has 0 spiro atoms. The Kier molecular flexibility index (Phi) is 5.78. The van der Waals surface area contributed by atoms with Gasteiger partial charge in [-0.25, -0.2) is 0 Å². The molecular formula is C18H20N2O4. The molecule has 6 nitrogen and oxygen atoms in total. The van der Waals surface area contributed by atoms with Gasteiger partial charge in [-0.05, 0) is 29.8 Å². The number of amides is 2. The summed E-state index contributed by atoms with van der Waals surface area (Å²) in [4.78, 5) is 23.9. The number of benzene rings is 2. The topological polar surface area (TPSA) is 76.7 Å². The zero-order chi connectivity index (χ0) is 17.5. The lowest BCUT2D eigenvalue weighted by Crippen LogP contribution is -2.23. The highest BCUT2D eigenvalue weighted by Crippen LogP contribution is 2.30. The second-order valence-electron chi connectivity index (χ2n) is 5.00. The molecule has 0 aliphatic rings. The van der Waals surface area contributed by atoms with Gasteiger partial charge in [-0.15, -0.1) is 0 Å². The summed E-state index contributed by atoms with van der Waals surface area (Å²) in [6, 6.07) is 12.2. The summed E-state index contributed by atoms with van der Waals surface area (Å²) in [5.41, 5.74) is 1.86. The van der Waals surface area contributed by atoms with Gasteiger partial charge < -0.3 is 20.1 Å². The maximum Gasteiger partial charge on any atom is 0.255 e. The summed E-state index contributed by atoms with van der Waals surface area (Å²) >= 11 is 0. The standard InChI is InChI=1S/C18H20N2O4/c1-19-17(21)13-9-7-12(8-10-13)11-20-18(22)14-5-4-6-15(23-2)16(14)24-3/h4-10H,11H2,1-3H3,(H,19,21)(H,20,22). The number of hydrogen-bond donors (Lipinski definition) is 2. The van der Waals surface area contributed by atoms with Gasteiger partial charge >= 0.3 is 0 Å². The van der Waals surface area contributed by atoms with Crippen LogP contribution in [0.1, 0.15) is 26.3 Å². The minimum atomic E-state index is -0.263. The van der Waals surface area contributed by atoms with E-state index in [0.717, 1.165) is 5.56 Å². The fraction of sp³-hybridized carbons (Fsp3) is 0.222. The molecule has 0 bridgehead atoms. The molecule has 2 N–H and O–H groups in total. The SMILES string of the molecule is CNC(=O)c1ccc(CNC(=O)c2cccc(OC)c2OC)cc1. The zero-order valence-electron chi connectivity index (χ0n) is 13.9. The van der Waals surface area contributed by atoms with E-state index in [1.165, 1.54) is 14.2 Å². The molecule has 2 rings (SSSR count). The average Bonchev–Trinajstić information content (AvgIpc) is 2.64. The van der Waals surface area contributed by atoms with Gasteiger partial charge in [0.15, 0.2) is 11.5 Å². The largest absolute Gasteiger partial charge is 0.493 e. The Morgan fingerprint density at radius 3 is 2.25 bits per heavy atom. The summed E-state index contributed by atoms with van der Waals surface area (Å²) in [5, 5.41) is 5.39. The van der Waals surface area contributed by atoms with Crippen LogP contribution in [-0.2, 0) is 6.54 Å². The van der Waals surface area contributed by atoms with E-state index < -0.39 is 0 Å². The van der Waals surface area contributed by atoms with Crippen LogP contribution in [0.4, 0.5) is 0 Å². The first kappa shape index (κ1) is 17.3. The van der Waals surface area contributed by atoms with E-state index in [4.69, 9.17) is 9.47 Å². The highest BCUT2D eigenvalue weighted by atomic mass is 16.5. The van der Waals surface area contributed by atoms with Gasteiger partial charge in [-0.2, -0.15) is 0 Å². The predicted molar refractivity (Wildman–Crippen MR) is 90.5 cm³/mol. The Balaban J connectivity index is 2.07. The van der Waals surface area contributed by atoms with Crippen molar-refractivity contribution >= 4 is 11.8 Å². The van der Waals surface area contributed by atoms with Gasteiger partial charge in [0, 0.05) is 19.2 Å². The lowest BCUT2D eigenvalue weighted by Gasteiger charge is -2.12. The first-order valence-electron chi connectivity index (χ1n) is 7.41. The van der Waals surface area contributed by atoms with Crippen LogP contribution in [0.3, 0.4) is 0 Å². The van der Waals surface area contributed by atoms with Crippen LogP contribution in [0.25, 0.3) is 0 Å². The highest BCUT2D eigenvalue weighted by molar-refractivity contribution is 5.97. The smallest absolute Gasteiger partial charge is 0.255 e. The van der Waals surface area contributed by atoms with E-state index >= 15 is 0 Å². The number of carbonyl (C=O) groups excluding carboxylic acids is 2. The fourth-order valence-electron chi connectivity index (χ4n) is 2.26. The van der Waals surface area contributed by atoms with Crippen molar-refractivity contribution < 1.29 is 19.1 Å². The normalized spacial score (nSPS) is 9.96. The molecule has 2 aromatic rings. The van der Waals surface area contributed by atoms with Crippen molar-refractivity contribution in [3.8, 4) is 11.5 Å². The Morgan fingerprint density at radius 2 is 1.67 bits per heavy atom. The van der Waals surface area contributed by atoms with Gasteiger partial charge in [0.2, 0.25) is 0 Å². The molecule has 0 aromatic heterocycles. The molecule has 6 heteroatoms. The number of ether oxygens (including phenoxy) is 2. The molecule has 126 valence electrons. The number of para-hydroxylation sites is 1. The van der Waals surface area contributed by atoms with Crippen molar-refractivity contribution in [1.29, 1.82) is 0 Å². The van der Waals surface area contributed by atoms with E-state index in [2.05, 4.69) is 10.6 Å². The van der Waals surface area contributed by atoms with E-state index in [9.17, 15) is 9.59 Å². The Bertz CT molecular complexity index is 726. The Morgan fingerprint density at radius 1 is 0.958 bits per heavy atom. The fourth-order valence-corrected chi connectivity index (χ4v) is 2.26. The molecule has 0 unspecified atom stereocenters. The van der Waals surface area contributed by atoms with Crippen molar-refractivity contribution in [2.75, 3.05) is 21.3 Å². The molecule has 0 radical (unpaired) electrons. The lowest BCUT2D eigenvalue weighted by molar-refractivity contribution is 0.0943. The average molecular weight is 328 g/mol. The molecule has 0 atom stereocenters. The minimum absolute atomic E-state index is 0.147. The highest BCUT2D eigenvalue weighted by Gasteiger charge is 2.16. The Hall–Kier alpha value is -3.02. The van der Waals surface area contributed by atoms with Gasteiger partial charge in [-0.3, -0.25) is 9.59 Å². The van der Waals surface area contributed by atoms with Crippen LogP contribution in [0.15, 0.2) is 42.5 Å². The van der Waals surface area contributed by atoms with Crippen molar-refractivity contribution in [2.45, 2.75) is 6.54 Å². The summed E-state index contributed by atoms with van der Waals surface area (Å²) in [5.74, 6) is 0.486. The van der Waals surface area contributed by atoms with Gasteiger partial charge in [-0.1, -0.05) is 18.2 Å². The molecule has 2 amide bonds. The maximum absolute atomic E-state index is 12.4. The van der Waals surface area contributed by atoms with Gasteiger partial charge in [0.1, 0.15) is 0 Å². The second-order valence-corrected chi connectivity index (χ2v) is 5.00. The van der Waals surface area contributed by atoms with Gasteiger partial charge in [0.25, 0.3) is 11.8 Å². The van der Waals surface area contributed by atoms with Crippen molar-refractivity contribution in [3.05, 3.63) is 59.2 Å². The predicted octanol–water partition coefficient (Wildman–Crippen LogP) is 1.99. The second kappa shape index (κ2) is 8.01. The number of nitrogens with one attached hydrogen (secondary N) is 2. The summed E-state index contributed by atoms with van der Waals surface area (Å²) in [7, 11) is 4.59. The maximum atomic E-state index is 12.4. The van der Waals surface area contributed by atoms with Crippen molar-refractivity contribution in [2.24, 2.45) is 0 Å². The third kappa shape index (κ3) is 3.84. The molecule has 0 saturated heterocycles. The third-order valence-electron chi connectivity index (χ3n) is 3.54. The van der Waals surface area contributed by atoms with Crippen LogP contribution < -0.4 is 20.1 Å². The Labute approximate surface area is 140 Å². The summed E-state index contributed by atoms with van der Waals surface area (Å²) < 4.78 is 10.5. The van der Waals surface area contributed by atoms with E-state index in [-0.39, 0.29) is 11.8 Å². The molecule has 0 fully saturated rings. The molecule has 0 saturated carbocycles. The van der Waals surface area contributed by atoms with Crippen molar-refractivity contribution in [1.82, 2.24) is 10.6 Å². The number of methoxy groups -OCH3 is 2. The van der Waals surface area contributed by atoms with Crippen LogP contribution in [0, 0.1) is 0 Å². The van der Waals surface area contributed by atoms with E-state index in [0.29, 0.717) is 29.2 Å². The number of carbonyl (C=O) groups is 2. The van der Waals surface area contributed by atoms with E-state index in [1.807, 2.05) is 0 Å². The van der Waals surface area contributed by atoms with Crippen LogP contribution in [0.5, 0.6) is 11.5 Å². The molecule has 0 aliphatic carbocycles.